The number of fused-ring (bicyclic) bond motifs is 1. The Labute approximate surface area is 144 Å². The maximum atomic E-state index is 14.1. The molecule has 3 heterocycles. The third-order valence-corrected chi connectivity index (χ3v) is 4.51. The van der Waals surface area contributed by atoms with Crippen molar-refractivity contribution < 1.29 is 18.7 Å². The topological polar surface area (TPSA) is 67.5 Å². The second kappa shape index (κ2) is 6.23. The number of carbonyl (C=O) groups excluding carboxylic acids is 1. The maximum absolute atomic E-state index is 14.1. The van der Waals surface area contributed by atoms with E-state index < -0.39 is 0 Å². The van der Waals surface area contributed by atoms with Gasteiger partial charge < -0.3 is 14.4 Å². The molecule has 0 bridgehead atoms. The Kier molecular flexibility index (Phi) is 3.91. The summed E-state index contributed by atoms with van der Waals surface area (Å²) in [4.78, 5) is 14.5. The lowest BCUT2D eigenvalue weighted by Gasteiger charge is -2.29. The van der Waals surface area contributed by atoms with Gasteiger partial charge in [0.05, 0.1) is 6.54 Å². The molecule has 2 aromatic rings. The van der Waals surface area contributed by atoms with E-state index >= 15 is 0 Å². The van der Waals surface area contributed by atoms with Gasteiger partial charge in [-0.05, 0) is 19.1 Å². The van der Waals surface area contributed by atoms with Crippen molar-refractivity contribution in [2.75, 3.05) is 19.8 Å². The number of benzene rings is 1. The Bertz CT molecular complexity index is 859. The monoisotopic (exact) mass is 343 g/mol. The first-order chi connectivity index (χ1) is 12.1. The van der Waals surface area contributed by atoms with Crippen LogP contribution in [0.5, 0.6) is 0 Å². The van der Waals surface area contributed by atoms with Crippen molar-refractivity contribution in [1.82, 2.24) is 15.1 Å². The van der Waals surface area contributed by atoms with E-state index in [0.717, 1.165) is 11.3 Å². The molecule has 0 aliphatic carbocycles. The third kappa shape index (κ3) is 2.75. The lowest BCUT2D eigenvalue weighted by atomic mass is 10.0. The van der Waals surface area contributed by atoms with E-state index in [4.69, 9.17) is 9.47 Å². The Morgan fingerprint density at radius 3 is 2.88 bits per heavy atom. The van der Waals surface area contributed by atoms with Crippen LogP contribution < -0.4 is 0 Å². The summed E-state index contributed by atoms with van der Waals surface area (Å²) in [7, 11) is 0. The molecular weight excluding hydrogens is 325 g/mol. The molecule has 1 N–H and O–H groups in total. The highest BCUT2D eigenvalue weighted by atomic mass is 19.1. The highest BCUT2D eigenvalue weighted by molar-refractivity contribution is 5.92. The van der Waals surface area contributed by atoms with Crippen LogP contribution in [0, 0.1) is 5.82 Å². The minimum Gasteiger partial charge on any atom is -0.491 e. The number of hydrogen-bond acceptors (Lipinski definition) is 4. The fourth-order valence-corrected chi connectivity index (χ4v) is 3.21. The van der Waals surface area contributed by atoms with E-state index in [1.807, 2.05) is 0 Å². The number of H-pyrrole nitrogens is 1. The predicted molar refractivity (Wildman–Crippen MR) is 87.7 cm³/mol. The van der Waals surface area contributed by atoms with Gasteiger partial charge in [0.25, 0.3) is 5.91 Å². The number of aromatic amines is 1. The van der Waals surface area contributed by atoms with Crippen LogP contribution in [-0.4, -0.2) is 40.8 Å². The number of nitrogens with one attached hydrogen (secondary N) is 1. The van der Waals surface area contributed by atoms with Crippen molar-refractivity contribution in [2.24, 2.45) is 0 Å². The molecule has 0 radical (unpaired) electrons. The minimum absolute atomic E-state index is 0.205. The zero-order valence-electron chi connectivity index (χ0n) is 13.8. The SMILES string of the molecule is CC1=C(C(=O)N2CCc3[nH]nc(-c4ccccc4F)c3C2)OCCO1. The molecule has 1 aromatic heterocycles. The summed E-state index contributed by atoms with van der Waals surface area (Å²) in [5.74, 6) is 0.223. The van der Waals surface area contributed by atoms with Gasteiger partial charge in [0, 0.05) is 29.8 Å². The van der Waals surface area contributed by atoms with Crippen LogP contribution in [0.15, 0.2) is 35.8 Å². The summed E-state index contributed by atoms with van der Waals surface area (Å²) in [5.41, 5.74) is 2.77. The van der Waals surface area contributed by atoms with Gasteiger partial charge in [-0.25, -0.2) is 4.39 Å². The molecule has 0 spiro atoms. The van der Waals surface area contributed by atoms with E-state index in [-0.39, 0.29) is 17.5 Å². The molecule has 7 heteroatoms. The Morgan fingerprint density at radius 1 is 1.28 bits per heavy atom. The number of rotatable bonds is 2. The average Bonchev–Trinajstić information content (AvgIpc) is 3.05. The second-order valence-corrected chi connectivity index (χ2v) is 6.07. The maximum Gasteiger partial charge on any atom is 0.292 e. The molecule has 1 aromatic carbocycles. The average molecular weight is 343 g/mol. The molecule has 2 aliphatic rings. The number of carbonyl (C=O) groups is 1. The minimum atomic E-state index is -0.331. The van der Waals surface area contributed by atoms with Gasteiger partial charge in [-0.3, -0.25) is 9.89 Å². The van der Waals surface area contributed by atoms with E-state index in [1.54, 1.807) is 30.0 Å². The number of hydrogen-bond donors (Lipinski definition) is 1. The summed E-state index contributed by atoms with van der Waals surface area (Å²) in [6.45, 7) is 3.44. The van der Waals surface area contributed by atoms with Crippen molar-refractivity contribution in [1.29, 1.82) is 0 Å². The normalized spacial score (nSPS) is 17.0. The highest BCUT2D eigenvalue weighted by Gasteiger charge is 2.31. The number of ether oxygens (including phenoxy) is 2. The quantitative estimate of drug-likeness (QED) is 0.909. The lowest BCUT2D eigenvalue weighted by Crippen LogP contribution is -2.38. The van der Waals surface area contributed by atoms with E-state index in [9.17, 15) is 9.18 Å². The van der Waals surface area contributed by atoms with Crippen LogP contribution >= 0.6 is 0 Å². The molecule has 0 atom stereocenters. The van der Waals surface area contributed by atoms with Gasteiger partial charge in [0.15, 0.2) is 0 Å². The first kappa shape index (κ1) is 15.7. The fraction of sp³-hybridized carbons (Fsp3) is 0.333. The van der Waals surface area contributed by atoms with E-state index in [1.165, 1.54) is 6.07 Å². The van der Waals surface area contributed by atoms with E-state index in [0.29, 0.717) is 49.7 Å². The summed E-state index contributed by atoms with van der Waals surface area (Å²) in [6, 6.07) is 6.51. The molecule has 1 amide bonds. The number of aromatic nitrogens is 2. The molecule has 0 saturated heterocycles. The van der Waals surface area contributed by atoms with Crippen molar-refractivity contribution in [3.8, 4) is 11.3 Å². The van der Waals surface area contributed by atoms with Gasteiger partial charge in [-0.15, -0.1) is 0 Å². The predicted octanol–water partition coefficient (Wildman–Crippen LogP) is 2.38. The fourth-order valence-electron chi connectivity index (χ4n) is 3.21. The zero-order valence-corrected chi connectivity index (χ0v) is 13.8. The molecule has 25 heavy (non-hydrogen) atoms. The first-order valence-corrected chi connectivity index (χ1v) is 8.22. The molecule has 2 aliphatic heterocycles. The van der Waals surface area contributed by atoms with Crippen molar-refractivity contribution >= 4 is 5.91 Å². The van der Waals surface area contributed by atoms with Gasteiger partial charge in [0.1, 0.15) is 30.5 Å². The molecule has 6 nitrogen and oxygen atoms in total. The van der Waals surface area contributed by atoms with Crippen LogP contribution in [0.4, 0.5) is 4.39 Å². The van der Waals surface area contributed by atoms with Crippen molar-refractivity contribution in [3.63, 3.8) is 0 Å². The van der Waals surface area contributed by atoms with Crippen LogP contribution in [-0.2, 0) is 27.2 Å². The van der Waals surface area contributed by atoms with Gasteiger partial charge in [-0.1, -0.05) is 12.1 Å². The van der Waals surface area contributed by atoms with Crippen LogP contribution in [0.2, 0.25) is 0 Å². The standard InChI is InChI=1S/C18H18FN3O3/c1-11-17(25-9-8-24-11)18(23)22-7-6-15-13(10-22)16(21-20-15)12-4-2-3-5-14(12)19/h2-5H,6-10H2,1H3,(H,20,21). The Hall–Kier alpha value is -2.83. The Balaban J connectivity index is 1.64. The summed E-state index contributed by atoms with van der Waals surface area (Å²) in [5, 5.41) is 7.26. The highest BCUT2D eigenvalue weighted by Crippen LogP contribution is 2.30. The zero-order chi connectivity index (χ0) is 17.4. The lowest BCUT2D eigenvalue weighted by molar-refractivity contribution is -0.133. The van der Waals surface area contributed by atoms with Gasteiger partial charge in [0.2, 0.25) is 5.76 Å². The molecule has 0 saturated carbocycles. The smallest absolute Gasteiger partial charge is 0.292 e. The number of nitrogens with zero attached hydrogens (tertiary/aromatic N) is 2. The van der Waals surface area contributed by atoms with Crippen LogP contribution in [0.25, 0.3) is 11.3 Å². The van der Waals surface area contributed by atoms with Crippen molar-refractivity contribution in [2.45, 2.75) is 19.9 Å². The molecule has 130 valence electrons. The molecule has 0 fully saturated rings. The summed E-state index contributed by atoms with van der Waals surface area (Å²) >= 11 is 0. The molecular formula is C18H18FN3O3. The van der Waals surface area contributed by atoms with Gasteiger partial charge >= 0.3 is 0 Å². The van der Waals surface area contributed by atoms with E-state index in [2.05, 4.69) is 10.2 Å². The second-order valence-electron chi connectivity index (χ2n) is 6.07. The number of allylic oxidation sites excluding steroid dienone is 1. The largest absolute Gasteiger partial charge is 0.491 e. The van der Waals surface area contributed by atoms with Gasteiger partial charge in [-0.2, -0.15) is 5.10 Å². The molecule has 0 unspecified atom stereocenters. The van der Waals surface area contributed by atoms with Crippen LogP contribution in [0.3, 0.4) is 0 Å². The molecule has 4 rings (SSSR count). The summed E-state index contributed by atoms with van der Waals surface area (Å²) < 4.78 is 25.0. The van der Waals surface area contributed by atoms with Crippen molar-refractivity contribution in [3.05, 3.63) is 52.9 Å². The summed E-state index contributed by atoms with van der Waals surface area (Å²) in [6.07, 6.45) is 0.635. The van der Waals surface area contributed by atoms with Crippen LogP contribution in [0.1, 0.15) is 18.2 Å². The third-order valence-electron chi connectivity index (χ3n) is 4.51. The first-order valence-electron chi connectivity index (χ1n) is 8.22. The Morgan fingerprint density at radius 2 is 2.08 bits per heavy atom. The number of halogens is 1. The number of amides is 1.